The molecule has 3 aromatic carbocycles. The predicted molar refractivity (Wildman–Crippen MR) is 138 cm³/mol. The Hall–Kier alpha value is -3.13. The second-order valence-corrected chi connectivity index (χ2v) is 9.11. The van der Waals surface area contributed by atoms with Gasteiger partial charge in [0.25, 0.3) is 0 Å². The average molecular weight is 493 g/mol. The summed E-state index contributed by atoms with van der Waals surface area (Å²) in [5, 5.41) is 10.2. The lowest BCUT2D eigenvalue weighted by atomic mass is 9.97. The van der Waals surface area contributed by atoms with Crippen LogP contribution in [0.25, 0.3) is 0 Å². The number of benzene rings is 3. The van der Waals surface area contributed by atoms with Gasteiger partial charge in [0.2, 0.25) is 0 Å². The van der Waals surface area contributed by atoms with Crippen molar-refractivity contribution in [3.05, 3.63) is 94.1 Å². The van der Waals surface area contributed by atoms with Crippen LogP contribution < -0.4 is 14.4 Å². The maximum absolute atomic E-state index is 9.41. The lowest BCUT2D eigenvalue weighted by molar-refractivity contribution is 0.309. The summed E-state index contributed by atoms with van der Waals surface area (Å²) in [7, 11) is 0. The highest BCUT2D eigenvalue weighted by atomic mass is 35.5. The van der Waals surface area contributed by atoms with Gasteiger partial charge in [-0.05, 0) is 66.9 Å². The molecule has 3 aromatic rings. The first kappa shape index (κ1) is 24.0. The van der Waals surface area contributed by atoms with Gasteiger partial charge in [-0.3, -0.25) is 0 Å². The first-order valence-electron chi connectivity index (χ1n) is 11.3. The molecule has 4 rings (SSSR count). The third-order valence-electron chi connectivity index (χ3n) is 5.91. The summed E-state index contributed by atoms with van der Waals surface area (Å²) in [5.74, 6) is 1.90. The van der Waals surface area contributed by atoms with Gasteiger partial charge in [0.1, 0.15) is 17.6 Å². The van der Waals surface area contributed by atoms with E-state index in [1.807, 2.05) is 30.3 Å². The van der Waals surface area contributed by atoms with E-state index in [-0.39, 0.29) is 5.92 Å². The van der Waals surface area contributed by atoms with E-state index in [2.05, 4.69) is 36.6 Å². The Bertz CT molecular complexity index is 1220. The van der Waals surface area contributed by atoms with Crippen molar-refractivity contribution in [3.8, 4) is 23.3 Å². The minimum Gasteiger partial charge on any atom is -0.494 e. The van der Waals surface area contributed by atoms with Crippen molar-refractivity contribution in [2.75, 3.05) is 18.1 Å². The third-order valence-corrected chi connectivity index (χ3v) is 6.52. The molecule has 1 aliphatic rings. The first-order valence-corrected chi connectivity index (χ1v) is 12.1. The summed E-state index contributed by atoms with van der Waals surface area (Å²) in [4.78, 5) is 2.23. The highest BCUT2D eigenvalue weighted by Gasteiger charge is 2.28. The molecule has 34 heavy (non-hydrogen) atoms. The van der Waals surface area contributed by atoms with Crippen LogP contribution in [0.15, 0.2) is 72.9 Å². The summed E-state index contributed by atoms with van der Waals surface area (Å²) in [6, 6.07) is 21.1. The molecule has 4 nitrogen and oxygen atoms in total. The summed E-state index contributed by atoms with van der Waals surface area (Å²) >= 11 is 12.7. The fourth-order valence-electron chi connectivity index (χ4n) is 4.04. The number of hydrogen-bond acceptors (Lipinski definition) is 4. The van der Waals surface area contributed by atoms with Crippen LogP contribution in [0, 0.1) is 11.3 Å². The Morgan fingerprint density at radius 1 is 1.09 bits per heavy atom. The number of allylic oxidation sites excluding steroid dienone is 1. The summed E-state index contributed by atoms with van der Waals surface area (Å²) in [5.41, 5.74) is 3.60. The van der Waals surface area contributed by atoms with Crippen molar-refractivity contribution in [2.45, 2.75) is 32.1 Å². The Morgan fingerprint density at radius 2 is 1.88 bits per heavy atom. The molecule has 0 unspecified atom stereocenters. The molecular weight excluding hydrogens is 467 g/mol. The van der Waals surface area contributed by atoms with Crippen LogP contribution in [-0.4, -0.2) is 13.2 Å². The molecule has 6 heteroatoms. The lowest BCUT2D eigenvalue weighted by Crippen LogP contribution is -2.17. The average Bonchev–Trinajstić information content (AvgIpc) is 3.23. The maximum Gasteiger partial charge on any atom is 0.163 e. The smallest absolute Gasteiger partial charge is 0.163 e. The molecule has 0 aliphatic carbocycles. The van der Waals surface area contributed by atoms with E-state index in [0.29, 0.717) is 27.1 Å². The van der Waals surface area contributed by atoms with Gasteiger partial charge < -0.3 is 14.4 Å². The standard InChI is InChI=1S/C28H26Cl2N2O2/c1-3-4-14-33-24-11-9-23(10-12-24)32-18-22(15-19(32)2)20-8-13-25(29)27(16-20)34-28-21(17-31)6-5-7-26(28)30/h5-13,16,22H,2-4,14-15,18H2,1H3/t22-/m0/s1. The van der Waals surface area contributed by atoms with Crippen molar-refractivity contribution in [2.24, 2.45) is 0 Å². The molecule has 1 heterocycles. The Kier molecular flexibility index (Phi) is 7.67. The summed E-state index contributed by atoms with van der Waals surface area (Å²) in [6.07, 6.45) is 2.99. The number of halogens is 2. The molecular formula is C28H26Cl2N2O2. The monoisotopic (exact) mass is 492 g/mol. The normalized spacial score (nSPS) is 15.3. The van der Waals surface area contributed by atoms with Crippen molar-refractivity contribution >= 4 is 28.9 Å². The van der Waals surface area contributed by atoms with E-state index in [4.69, 9.17) is 32.7 Å². The third kappa shape index (κ3) is 5.33. The van der Waals surface area contributed by atoms with Crippen molar-refractivity contribution in [3.63, 3.8) is 0 Å². The van der Waals surface area contributed by atoms with Crippen LogP contribution in [0.4, 0.5) is 5.69 Å². The minimum absolute atomic E-state index is 0.231. The quantitative estimate of drug-likeness (QED) is 0.296. The van der Waals surface area contributed by atoms with Gasteiger partial charge in [-0.25, -0.2) is 0 Å². The maximum atomic E-state index is 9.41. The number of nitriles is 1. The zero-order valence-corrected chi connectivity index (χ0v) is 20.6. The topological polar surface area (TPSA) is 45.5 Å². The van der Waals surface area contributed by atoms with Gasteiger partial charge in [0.15, 0.2) is 5.75 Å². The van der Waals surface area contributed by atoms with E-state index in [1.54, 1.807) is 18.2 Å². The minimum atomic E-state index is 0.231. The molecule has 0 aromatic heterocycles. The molecule has 1 aliphatic heterocycles. The number of hydrogen-bond donors (Lipinski definition) is 0. The van der Waals surface area contributed by atoms with Gasteiger partial charge in [-0.15, -0.1) is 0 Å². The zero-order valence-electron chi connectivity index (χ0n) is 19.1. The lowest BCUT2D eigenvalue weighted by Gasteiger charge is -2.20. The number of rotatable bonds is 8. The number of anilines is 1. The van der Waals surface area contributed by atoms with Crippen LogP contribution in [0.3, 0.4) is 0 Å². The highest BCUT2D eigenvalue weighted by Crippen LogP contribution is 2.41. The van der Waals surface area contributed by atoms with E-state index in [0.717, 1.165) is 55.1 Å². The molecule has 0 bridgehead atoms. The largest absolute Gasteiger partial charge is 0.494 e. The molecule has 0 amide bonds. The molecule has 1 saturated heterocycles. The van der Waals surface area contributed by atoms with Crippen LogP contribution in [0.5, 0.6) is 17.2 Å². The number of para-hydroxylation sites is 1. The van der Waals surface area contributed by atoms with Crippen LogP contribution in [0.2, 0.25) is 10.0 Å². The van der Waals surface area contributed by atoms with Crippen molar-refractivity contribution in [1.29, 1.82) is 5.26 Å². The van der Waals surface area contributed by atoms with Gasteiger partial charge in [-0.1, -0.05) is 55.3 Å². The van der Waals surface area contributed by atoms with Crippen molar-refractivity contribution in [1.82, 2.24) is 0 Å². The Labute approximate surface area is 210 Å². The van der Waals surface area contributed by atoms with Crippen LogP contribution in [0.1, 0.15) is 43.2 Å². The van der Waals surface area contributed by atoms with E-state index in [1.165, 1.54) is 0 Å². The predicted octanol–water partition coefficient (Wildman–Crippen LogP) is 8.34. The Morgan fingerprint density at radius 3 is 2.62 bits per heavy atom. The summed E-state index contributed by atoms with van der Waals surface area (Å²) < 4.78 is 11.8. The molecule has 1 fully saturated rings. The number of unbranched alkanes of at least 4 members (excludes halogenated alkanes) is 1. The first-order chi connectivity index (χ1) is 16.5. The number of nitrogens with zero attached hydrogens (tertiary/aromatic N) is 2. The summed E-state index contributed by atoms with van der Waals surface area (Å²) in [6.45, 7) is 7.98. The van der Waals surface area contributed by atoms with E-state index >= 15 is 0 Å². The fraction of sp³-hybridized carbons (Fsp3) is 0.250. The fourth-order valence-corrected chi connectivity index (χ4v) is 4.41. The van der Waals surface area contributed by atoms with Gasteiger partial charge in [0.05, 0.1) is 22.2 Å². The Balaban J connectivity index is 1.51. The highest BCUT2D eigenvalue weighted by molar-refractivity contribution is 6.33. The van der Waals surface area contributed by atoms with Gasteiger partial charge in [0, 0.05) is 23.8 Å². The molecule has 174 valence electrons. The SMILES string of the molecule is C=C1C[C@H](c2ccc(Cl)c(Oc3c(Cl)cccc3C#N)c2)CN1c1ccc(OCCCC)cc1. The zero-order chi connectivity index (χ0) is 24.1. The molecule has 0 spiro atoms. The second kappa shape index (κ2) is 10.9. The van der Waals surface area contributed by atoms with Crippen LogP contribution >= 0.6 is 23.2 Å². The van der Waals surface area contributed by atoms with E-state index < -0.39 is 0 Å². The van der Waals surface area contributed by atoms with Crippen molar-refractivity contribution < 1.29 is 9.47 Å². The molecule has 1 atom stereocenters. The second-order valence-electron chi connectivity index (χ2n) is 8.29. The van der Waals surface area contributed by atoms with Gasteiger partial charge in [-0.2, -0.15) is 5.26 Å². The number of ether oxygens (including phenoxy) is 2. The van der Waals surface area contributed by atoms with E-state index in [9.17, 15) is 5.26 Å². The van der Waals surface area contributed by atoms with Crippen LogP contribution in [-0.2, 0) is 0 Å². The molecule has 0 N–H and O–H groups in total. The molecule has 0 saturated carbocycles. The molecule has 0 radical (unpaired) electrons. The van der Waals surface area contributed by atoms with Gasteiger partial charge >= 0.3 is 0 Å².